The van der Waals surface area contributed by atoms with Crippen molar-refractivity contribution in [2.45, 2.75) is 27.7 Å². The van der Waals surface area contributed by atoms with Crippen LogP contribution in [0.15, 0.2) is 35.6 Å². The summed E-state index contributed by atoms with van der Waals surface area (Å²) in [5.41, 5.74) is 1.63. The summed E-state index contributed by atoms with van der Waals surface area (Å²) in [6.45, 7) is 8.67. The molecule has 0 aromatic carbocycles. The number of nitrogens with one attached hydrogen (secondary N) is 1. The van der Waals surface area contributed by atoms with Crippen LogP contribution >= 0.6 is 0 Å². The molecule has 1 rings (SSSR count). The number of nitrogens with zero attached hydrogens (tertiary/aromatic N) is 1. The number of carbonyl (C=O) groups excluding carboxylic acids is 1. The Bertz CT molecular complexity index is 357. The van der Waals surface area contributed by atoms with Gasteiger partial charge in [-0.25, -0.2) is 0 Å². The summed E-state index contributed by atoms with van der Waals surface area (Å²) in [7, 11) is 7.38. The van der Waals surface area contributed by atoms with E-state index in [1.54, 1.807) is 19.3 Å². The van der Waals surface area contributed by atoms with Gasteiger partial charge in [0, 0.05) is 19.2 Å². The van der Waals surface area contributed by atoms with Gasteiger partial charge in [-0.15, -0.1) is 0 Å². The van der Waals surface area contributed by atoms with Crippen molar-refractivity contribution in [3.05, 3.63) is 35.6 Å². The van der Waals surface area contributed by atoms with E-state index < -0.39 is 0 Å². The van der Waals surface area contributed by atoms with Crippen molar-refractivity contribution in [1.29, 1.82) is 0 Å². The number of rotatable bonds is 4. The van der Waals surface area contributed by atoms with Gasteiger partial charge in [0.15, 0.2) is 0 Å². The van der Waals surface area contributed by atoms with Crippen molar-refractivity contribution in [2.24, 2.45) is 5.92 Å². The molecule has 0 aromatic rings. The molecule has 1 N–H and O–H groups in total. The van der Waals surface area contributed by atoms with E-state index in [9.17, 15) is 4.79 Å². The van der Waals surface area contributed by atoms with Crippen LogP contribution < -0.4 is 5.32 Å². The molecule has 0 aromatic heterocycles. The van der Waals surface area contributed by atoms with Crippen molar-refractivity contribution in [3.8, 4) is 0 Å². The molecule has 0 saturated carbocycles. The molecular formula is C14H23BN2O. The fourth-order valence-electron chi connectivity index (χ4n) is 1.43. The highest BCUT2D eigenvalue weighted by Gasteiger charge is 2.23. The second-order valence-corrected chi connectivity index (χ2v) is 4.10. The highest BCUT2D eigenvalue weighted by atomic mass is 16.2. The summed E-state index contributed by atoms with van der Waals surface area (Å²) < 4.78 is 0. The maximum Gasteiger partial charge on any atom is 0.241 e. The maximum atomic E-state index is 11.7. The average molecular weight is 246 g/mol. The van der Waals surface area contributed by atoms with Crippen molar-refractivity contribution in [3.63, 3.8) is 0 Å². The number of carbonyl (C=O) groups is 1. The predicted molar refractivity (Wildman–Crippen MR) is 78.0 cm³/mol. The molecule has 0 bridgehead atoms. The largest absolute Gasteiger partial charge is 0.394 e. The Hall–Kier alpha value is -1.45. The molecule has 1 aliphatic rings. The second-order valence-electron chi connectivity index (χ2n) is 4.10. The number of allylic oxidation sites excluding steroid dienone is 1. The Morgan fingerprint density at radius 1 is 1.33 bits per heavy atom. The first kappa shape index (κ1) is 16.6. The van der Waals surface area contributed by atoms with Gasteiger partial charge in [-0.3, -0.25) is 4.79 Å². The molecule has 2 radical (unpaired) electrons. The Labute approximate surface area is 112 Å². The number of hydrogen-bond acceptors (Lipinski definition) is 2. The van der Waals surface area contributed by atoms with Crippen LogP contribution in [0, 0.1) is 5.92 Å². The van der Waals surface area contributed by atoms with E-state index >= 15 is 0 Å². The second kappa shape index (κ2) is 8.62. The zero-order valence-corrected chi connectivity index (χ0v) is 12.0. The van der Waals surface area contributed by atoms with Crippen molar-refractivity contribution in [1.82, 2.24) is 10.1 Å². The van der Waals surface area contributed by atoms with E-state index in [1.807, 2.05) is 19.9 Å². The smallest absolute Gasteiger partial charge is 0.241 e. The molecule has 1 amide bonds. The highest BCUT2D eigenvalue weighted by Crippen LogP contribution is 2.20. The Morgan fingerprint density at radius 2 is 1.94 bits per heavy atom. The lowest BCUT2D eigenvalue weighted by atomic mass is 10.1. The van der Waals surface area contributed by atoms with Crippen LogP contribution in [0.4, 0.5) is 0 Å². The minimum absolute atomic E-state index is 0.130. The summed E-state index contributed by atoms with van der Waals surface area (Å²) in [4.78, 5) is 12.9. The van der Waals surface area contributed by atoms with E-state index in [4.69, 9.17) is 7.98 Å². The van der Waals surface area contributed by atoms with Gasteiger partial charge in [-0.1, -0.05) is 39.8 Å². The molecule has 0 spiro atoms. The summed E-state index contributed by atoms with van der Waals surface area (Å²) >= 11 is 0. The summed E-state index contributed by atoms with van der Waals surface area (Å²) in [6.07, 6.45) is 7.53. The molecule has 0 unspecified atom stereocenters. The quantitative estimate of drug-likeness (QED) is 0.771. The van der Waals surface area contributed by atoms with Crippen LogP contribution in [-0.2, 0) is 4.79 Å². The molecule has 1 aliphatic heterocycles. The van der Waals surface area contributed by atoms with Crippen molar-refractivity contribution >= 4 is 13.9 Å². The normalized spacial score (nSPS) is 15.9. The summed E-state index contributed by atoms with van der Waals surface area (Å²) in [5.74, 6) is 0.332. The molecule has 18 heavy (non-hydrogen) atoms. The average Bonchev–Trinajstić information content (AvgIpc) is 2.63. The monoisotopic (exact) mass is 246 g/mol. The SMILES string of the molecule is CC.[B]N1CC(/C=C/C(C)C)=C(/C=C\NC)C1=O. The first-order valence-corrected chi connectivity index (χ1v) is 6.38. The van der Waals surface area contributed by atoms with Crippen LogP contribution in [0.3, 0.4) is 0 Å². The third-order valence-electron chi connectivity index (χ3n) is 2.28. The third kappa shape index (κ3) is 4.82. The minimum Gasteiger partial charge on any atom is -0.394 e. The molecule has 0 atom stereocenters. The van der Waals surface area contributed by atoms with Crippen LogP contribution in [0.5, 0.6) is 0 Å². The standard InChI is InChI=1S/C12H17BN2O.C2H6/c1-9(2)4-5-10-8-15(13)12(16)11(10)6-7-14-3;1-2/h4-7,9,14H,8H2,1-3H3;1-2H3/b5-4+,7-6-;. The van der Waals surface area contributed by atoms with Crippen LogP contribution in [0.2, 0.25) is 0 Å². The molecule has 0 fully saturated rings. The molecule has 0 aliphatic carbocycles. The van der Waals surface area contributed by atoms with E-state index in [0.29, 0.717) is 18.0 Å². The molecule has 3 nitrogen and oxygen atoms in total. The molecule has 1 heterocycles. The third-order valence-corrected chi connectivity index (χ3v) is 2.28. The van der Waals surface area contributed by atoms with Crippen LogP contribution in [0.25, 0.3) is 0 Å². The van der Waals surface area contributed by atoms with Crippen LogP contribution in [0.1, 0.15) is 27.7 Å². The first-order valence-electron chi connectivity index (χ1n) is 6.38. The lowest BCUT2D eigenvalue weighted by Crippen LogP contribution is -2.23. The fourth-order valence-corrected chi connectivity index (χ4v) is 1.43. The zero-order valence-electron chi connectivity index (χ0n) is 12.0. The van der Waals surface area contributed by atoms with Crippen LogP contribution in [-0.4, -0.2) is 32.3 Å². The van der Waals surface area contributed by atoms with Gasteiger partial charge in [-0.05, 0) is 23.8 Å². The fraction of sp³-hybridized carbons (Fsp3) is 0.500. The highest BCUT2D eigenvalue weighted by molar-refractivity contribution is 6.20. The van der Waals surface area contributed by atoms with E-state index in [0.717, 1.165) is 5.57 Å². The summed E-state index contributed by atoms with van der Waals surface area (Å²) in [5, 5.41) is 2.87. The van der Waals surface area contributed by atoms with Crippen molar-refractivity contribution in [2.75, 3.05) is 13.6 Å². The number of amides is 1. The predicted octanol–water partition coefficient (Wildman–Crippen LogP) is 2.18. The summed E-state index contributed by atoms with van der Waals surface area (Å²) in [6, 6.07) is 0. The lowest BCUT2D eigenvalue weighted by Gasteiger charge is -2.07. The molecule has 4 heteroatoms. The van der Waals surface area contributed by atoms with Gasteiger partial charge in [-0.2, -0.15) is 0 Å². The van der Waals surface area contributed by atoms with E-state index in [1.165, 1.54) is 4.81 Å². The molecule has 98 valence electrons. The van der Waals surface area contributed by atoms with Gasteiger partial charge in [0.25, 0.3) is 0 Å². The lowest BCUT2D eigenvalue weighted by molar-refractivity contribution is -0.121. The molecular weight excluding hydrogens is 223 g/mol. The zero-order chi connectivity index (χ0) is 14.1. The van der Waals surface area contributed by atoms with E-state index in [-0.39, 0.29) is 5.91 Å². The van der Waals surface area contributed by atoms with Crippen molar-refractivity contribution < 1.29 is 4.79 Å². The Morgan fingerprint density at radius 3 is 2.44 bits per heavy atom. The van der Waals surface area contributed by atoms with Gasteiger partial charge in [0.1, 0.15) is 0 Å². The Kier molecular flexibility index (Phi) is 7.93. The number of hydrogen-bond donors (Lipinski definition) is 1. The first-order chi connectivity index (χ1) is 8.56. The molecule has 0 saturated heterocycles. The Balaban J connectivity index is 0.00000137. The van der Waals surface area contributed by atoms with Gasteiger partial charge >= 0.3 is 0 Å². The van der Waals surface area contributed by atoms with Gasteiger partial charge < -0.3 is 10.1 Å². The maximum absolute atomic E-state index is 11.7. The van der Waals surface area contributed by atoms with E-state index in [2.05, 4.69) is 25.2 Å². The topological polar surface area (TPSA) is 32.3 Å². The van der Waals surface area contributed by atoms with Gasteiger partial charge in [0.2, 0.25) is 13.9 Å². The minimum atomic E-state index is -0.130. The van der Waals surface area contributed by atoms with Gasteiger partial charge in [0.05, 0.1) is 0 Å².